The second kappa shape index (κ2) is 10.7. The third-order valence-electron chi connectivity index (χ3n) is 5.72. The van der Waals surface area contributed by atoms with E-state index in [4.69, 9.17) is 0 Å². The van der Waals surface area contributed by atoms with E-state index in [0.717, 1.165) is 16.5 Å². The van der Waals surface area contributed by atoms with E-state index < -0.39 is 5.91 Å². The maximum atomic E-state index is 13.4. The molecule has 5 rings (SSSR count). The molecule has 0 atom stereocenters. The molecule has 5 aromatic rings. The average molecular weight is 492 g/mol. The average Bonchev–Trinajstić information content (AvgIpc) is 3.36. The van der Waals surface area contributed by atoms with Crippen LogP contribution < -0.4 is 10.7 Å². The fraction of sp³-hybridized carbons (Fsp3) is 0.0345. The second-order valence-electron chi connectivity index (χ2n) is 8.22. The van der Waals surface area contributed by atoms with Gasteiger partial charge >= 0.3 is 0 Å². The molecule has 0 bridgehead atoms. The number of aromatic nitrogens is 2. The molecule has 0 radical (unpaired) electrons. The van der Waals surface area contributed by atoms with Gasteiger partial charge in [-0.15, -0.1) is 0 Å². The lowest BCUT2D eigenvalue weighted by atomic mass is 10.0. The highest BCUT2D eigenvalue weighted by Crippen LogP contribution is 2.23. The van der Waals surface area contributed by atoms with Crippen LogP contribution in [0.5, 0.6) is 0 Å². The number of nitrogens with one attached hydrogen (secondary N) is 2. The van der Waals surface area contributed by atoms with Gasteiger partial charge in [-0.1, -0.05) is 54.6 Å². The van der Waals surface area contributed by atoms with E-state index in [1.165, 1.54) is 18.3 Å². The Bertz CT molecular complexity index is 1590. The monoisotopic (exact) mass is 491 g/mol. The van der Waals surface area contributed by atoms with Gasteiger partial charge in [-0.3, -0.25) is 9.59 Å². The van der Waals surface area contributed by atoms with Gasteiger partial charge in [0.25, 0.3) is 11.8 Å². The Kier molecular flexibility index (Phi) is 6.80. The van der Waals surface area contributed by atoms with E-state index in [-0.39, 0.29) is 18.3 Å². The number of amides is 2. The lowest BCUT2D eigenvalue weighted by Gasteiger charge is -2.07. The van der Waals surface area contributed by atoms with Gasteiger partial charge in [0.05, 0.1) is 18.4 Å². The first-order valence-corrected chi connectivity index (χ1v) is 11.6. The summed E-state index contributed by atoms with van der Waals surface area (Å²) in [6.07, 6.45) is 3.24. The number of benzene rings is 4. The van der Waals surface area contributed by atoms with Crippen LogP contribution in [0, 0.1) is 5.82 Å². The summed E-state index contributed by atoms with van der Waals surface area (Å²) in [5, 5.41) is 13.1. The van der Waals surface area contributed by atoms with Gasteiger partial charge in [-0.2, -0.15) is 10.2 Å². The van der Waals surface area contributed by atoms with Gasteiger partial charge in [0.1, 0.15) is 11.5 Å². The molecule has 1 aromatic heterocycles. The molecule has 0 spiro atoms. The normalized spacial score (nSPS) is 11.1. The van der Waals surface area contributed by atoms with Crippen LogP contribution in [0.25, 0.3) is 27.7 Å². The molecule has 0 aliphatic heterocycles. The molecule has 0 unspecified atom stereocenters. The van der Waals surface area contributed by atoms with Crippen LogP contribution in [0.1, 0.15) is 15.9 Å². The SMILES string of the molecule is O=C(CNC(=O)c1cccc2ccccc12)N/N=C/c1cn(-c2ccccc2)nc1-c1ccc(F)cc1. The first-order chi connectivity index (χ1) is 18.1. The number of hydrazone groups is 1. The molecule has 7 nitrogen and oxygen atoms in total. The van der Waals surface area contributed by atoms with E-state index in [2.05, 4.69) is 20.9 Å². The molecule has 0 aliphatic rings. The standard InChI is InChI=1S/C29H22FN5O2/c30-23-15-13-21(14-16-23)28-22(19-35(34-28)24-9-2-1-3-10-24)17-32-33-27(36)18-31-29(37)26-12-6-8-20-7-4-5-11-25(20)26/h1-17,19H,18H2,(H,31,37)(H,33,36)/b32-17+. The molecule has 0 saturated heterocycles. The van der Waals surface area contributed by atoms with Crippen molar-refractivity contribution < 1.29 is 14.0 Å². The zero-order valence-electron chi connectivity index (χ0n) is 19.6. The maximum absolute atomic E-state index is 13.4. The smallest absolute Gasteiger partial charge is 0.259 e. The number of carbonyl (C=O) groups excluding carboxylic acids is 2. The maximum Gasteiger partial charge on any atom is 0.259 e. The number of halogens is 1. The molecule has 0 saturated carbocycles. The van der Waals surface area contributed by atoms with Crippen LogP contribution in [-0.4, -0.2) is 34.4 Å². The minimum Gasteiger partial charge on any atom is -0.343 e. The van der Waals surface area contributed by atoms with Gasteiger partial charge in [0.15, 0.2) is 0 Å². The van der Waals surface area contributed by atoms with Crippen LogP contribution in [0.2, 0.25) is 0 Å². The fourth-order valence-electron chi connectivity index (χ4n) is 3.92. The van der Waals surface area contributed by atoms with E-state index >= 15 is 0 Å². The molecular formula is C29H22FN5O2. The van der Waals surface area contributed by atoms with Gasteiger partial charge < -0.3 is 5.32 Å². The number of hydrogen-bond donors (Lipinski definition) is 2. The van der Waals surface area contributed by atoms with Crippen molar-refractivity contribution in [3.8, 4) is 16.9 Å². The molecule has 2 N–H and O–H groups in total. The van der Waals surface area contributed by atoms with Crippen molar-refractivity contribution in [1.82, 2.24) is 20.5 Å². The van der Waals surface area contributed by atoms with Crippen LogP contribution in [0.3, 0.4) is 0 Å². The minimum absolute atomic E-state index is 0.243. The van der Waals surface area contributed by atoms with Crippen LogP contribution in [-0.2, 0) is 4.79 Å². The molecule has 0 aliphatic carbocycles. The molecule has 4 aromatic carbocycles. The first-order valence-electron chi connectivity index (χ1n) is 11.6. The number of carbonyl (C=O) groups is 2. The Labute approximate surface area is 212 Å². The zero-order valence-corrected chi connectivity index (χ0v) is 19.6. The second-order valence-corrected chi connectivity index (χ2v) is 8.22. The first kappa shape index (κ1) is 23.6. The van der Waals surface area contributed by atoms with Gasteiger partial charge in [-0.25, -0.2) is 14.5 Å². The summed E-state index contributed by atoms with van der Waals surface area (Å²) in [6.45, 7) is -0.243. The Morgan fingerprint density at radius 3 is 2.43 bits per heavy atom. The van der Waals surface area contributed by atoms with Crippen molar-refractivity contribution in [2.24, 2.45) is 5.10 Å². The molecule has 2 amide bonds. The Balaban J connectivity index is 1.28. The summed E-state index contributed by atoms with van der Waals surface area (Å²) in [4.78, 5) is 25.0. The van der Waals surface area contributed by atoms with E-state index in [0.29, 0.717) is 22.4 Å². The predicted molar refractivity (Wildman–Crippen MR) is 141 cm³/mol. The van der Waals surface area contributed by atoms with Crippen molar-refractivity contribution in [2.45, 2.75) is 0 Å². The number of hydrogen-bond acceptors (Lipinski definition) is 4. The summed E-state index contributed by atoms with van der Waals surface area (Å²) >= 11 is 0. The molecule has 37 heavy (non-hydrogen) atoms. The highest BCUT2D eigenvalue weighted by molar-refractivity contribution is 6.07. The van der Waals surface area contributed by atoms with Crippen LogP contribution >= 0.6 is 0 Å². The summed E-state index contributed by atoms with van der Waals surface area (Å²) in [7, 11) is 0. The summed E-state index contributed by atoms with van der Waals surface area (Å²) in [6, 6.07) is 28.5. The van der Waals surface area contributed by atoms with E-state index in [9.17, 15) is 14.0 Å². The van der Waals surface area contributed by atoms with Gasteiger partial charge in [-0.05, 0) is 53.2 Å². The van der Waals surface area contributed by atoms with Crippen molar-refractivity contribution in [2.75, 3.05) is 6.54 Å². The van der Waals surface area contributed by atoms with E-state index in [1.807, 2.05) is 60.7 Å². The highest BCUT2D eigenvalue weighted by Gasteiger charge is 2.13. The highest BCUT2D eigenvalue weighted by atomic mass is 19.1. The van der Waals surface area contributed by atoms with Crippen molar-refractivity contribution in [1.29, 1.82) is 0 Å². The summed E-state index contributed by atoms with van der Waals surface area (Å²) in [5.41, 5.74) is 5.66. The van der Waals surface area contributed by atoms with Crippen molar-refractivity contribution in [3.05, 3.63) is 120 Å². The van der Waals surface area contributed by atoms with E-state index in [1.54, 1.807) is 35.1 Å². The van der Waals surface area contributed by atoms with Crippen LogP contribution in [0.15, 0.2) is 108 Å². The number of rotatable bonds is 7. The Morgan fingerprint density at radius 1 is 0.892 bits per heavy atom. The third kappa shape index (κ3) is 5.43. The third-order valence-corrected chi connectivity index (χ3v) is 5.72. The number of fused-ring (bicyclic) bond motifs is 1. The predicted octanol–water partition coefficient (Wildman–Crippen LogP) is 4.71. The Hall–Kier alpha value is -5.11. The van der Waals surface area contributed by atoms with Crippen molar-refractivity contribution >= 4 is 28.8 Å². The topological polar surface area (TPSA) is 88.4 Å². The number of nitrogens with zero attached hydrogens (tertiary/aromatic N) is 3. The molecule has 182 valence electrons. The molecule has 8 heteroatoms. The van der Waals surface area contributed by atoms with Crippen LogP contribution in [0.4, 0.5) is 4.39 Å². The summed E-state index contributed by atoms with van der Waals surface area (Å²) in [5.74, 6) is -1.18. The van der Waals surface area contributed by atoms with Gasteiger partial charge in [0, 0.05) is 22.9 Å². The molecular weight excluding hydrogens is 469 g/mol. The lowest BCUT2D eigenvalue weighted by Crippen LogP contribution is -2.35. The molecule has 0 fully saturated rings. The largest absolute Gasteiger partial charge is 0.343 e. The number of para-hydroxylation sites is 1. The van der Waals surface area contributed by atoms with Gasteiger partial charge in [0.2, 0.25) is 0 Å². The lowest BCUT2D eigenvalue weighted by molar-refractivity contribution is -0.120. The molecule has 1 heterocycles. The quantitative estimate of drug-likeness (QED) is 0.255. The van der Waals surface area contributed by atoms with Crippen molar-refractivity contribution in [3.63, 3.8) is 0 Å². The fourth-order valence-corrected chi connectivity index (χ4v) is 3.92. The zero-order chi connectivity index (χ0) is 25.6. The Morgan fingerprint density at radius 2 is 1.62 bits per heavy atom. The summed E-state index contributed by atoms with van der Waals surface area (Å²) < 4.78 is 15.1. The minimum atomic E-state index is -0.483.